The second kappa shape index (κ2) is 6.08. The molecule has 0 fully saturated rings. The largest absolute Gasteiger partial charge is 0.300 e. The first-order valence-electron chi connectivity index (χ1n) is 8.42. The summed E-state index contributed by atoms with van der Waals surface area (Å²) in [5.74, 6) is 0.880. The van der Waals surface area contributed by atoms with Gasteiger partial charge in [-0.3, -0.25) is 0 Å². The maximum absolute atomic E-state index is 7.53. The minimum absolute atomic E-state index is 0.606. The summed E-state index contributed by atoms with van der Waals surface area (Å²) >= 11 is 0. The monoisotopic (exact) mass is 341 g/mol. The van der Waals surface area contributed by atoms with E-state index in [4.69, 9.17) is 6.57 Å². The molecule has 0 amide bonds. The van der Waals surface area contributed by atoms with Crippen LogP contribution in [0.1, 0.15) is 11.4 Å². The van der Waals surface area contributed by atoms with E-state index in [2.05, 4.69) is 44.4 Å². The summed E-state index contributed by atoms with van der Waals surface area (Å²) in [6.07, 6.45) is 5.86. The van der Waals surface area contributed by atoms with Crippen LogP contribution in [0.2, 0.25) is 0 Å². The van der Waals surface area contributed by atoms with Gasteiger partial charge in [0.2, 0.25) is 5.52 Å². The van der Waals surface area contributed by atoms with Crippen LogP contribution in [0.4, 0.5) is 5.69 Å². The lowest BCUT2D eigenvalue weighted by Gasteiger charge is -2.11. The predicted molar refractivity (Wildman–Crippen MR) is 99.5 cm³/mol. The second-order valence-corrected chi connectivity index (χ2v) is 6.31. The van der Waals surface area contributed by atoms with E-state index in [1.165, 1.54) is 0 Å². The molecule has 5 heteroatoms. The Kier molecular flexibility index (Phi) is 3.74. The lowest BCUT2D eigenvalue weighted by atomic mass is 10.1. The zero-order valence-electron chi connectivity index (χ0n) is 15.0. The lowest BCUT2D eigenvalue weighted by molar-refractivity contribution is -0.720. The number of aryl methyl sites for hydroxylation is 2. The maximum atomic E-state index is 7.53. The quantitative estimate of drug-likeness (QED) is 0.406. The Labute approximate surface area is 152 Å². The van der Waals surface area contributed by atoms with E-state index in [0.717, 1.165) is 33.7 Å². The van der Waals surface area contributed by atoms with Crippen LogP contribution < -0.4 is 9.25 Å². The molecule has 26 heavy (non-hydrogen) atoms. The van der Waals surface area contributed by atoms with E-state index in [9.17, 15) is 0 Å². The predicted octanol–water partition coefficient (Wildman–Crippen LogP) is 3.29. The topological polar surface area (TPSA) is 29.9 Å². The molecule has 4 rings (SSSR count). The summed E-state index contributed by atoms with van der Waals surface area (Å²) in [5.41, 5.74) is 4.80. The van der Waals surface area contributed by atoms with Crippen molar-refractivity contribution in [3.8, 4) is 11.4 Å². The lowest BCUT2D eigenvalue weighted by Crippen LogP contribution is -2.39. The van der Waals surface area contributed by atoms with Crippen LogP contribution in [-0.4, -0.2) is 9.67 Å². The van der Waals surface area contributed by atoms with Crippen LogP contribution in [0.15, 0.2) is 61.1 Å². The minimum atomic E-state index is 0.606. The maximum Gasteiger partial charge on any atom is 0.300 e. The van der Waals surface area contributed by atoms with E-state index in [0.29, 0.717) is 5.69 Å². The first-order chi connectivity index (χ1) is 12.6. The Morgan fingerprint density at radius 1 is 1.12 bits per heavy atom. The third-order valence-corrected chi connectivity index (χ3v) is 4.77. The van der Waals surface area contributed by atoms with Crippen molar-refractivity contribution in [2.24, 2.45) is 7.05 Å². The number of para-hydroxylation sites is 1. The SMILES string of the molecule is [C-]#[N+]c1cc(-n2cc3ccccc3[n+]2C)c(C)c(-[n+]2cccnc2C)c1. The zero-order chi connectivity index (χ0) is 18.3. The molecule has 4 aromatic rings. The van der Waals surface area contributed by atoms with Crippen LogP contribution in [0.25, 0.3) is 27.1 Å². The van der Waals surface area contributed by atoms with Crippen LogP contribution in [-0.2, 0) is 7.05 Å². The fourth-order valence-electron chi connectivity index (χ4n) is 3.38. The Morgan fingerprint density at radius 2 is 1.92 bits per heavy atom. The number of nitrogens with zero attached hydrogens (tertiary/aromatic N) is 5. The summed E-state index contributed by atoms with van der Waals surface area (Å²) in [4.78, 5) is 8.07. The third kappa shape index (κ3) is 2.44. The van der Waals surface area contributed by atoms with Gasteiger partial charge >= 0.3 is 0 Å². The molecule has 0 saturated carbocycles. The van der Waals surface area contributed by atoms with Crippen molar-refractivity contribution in [2.45, 2.75) is 13.8 Å². The molecule has 0 atom stereocenters. The molecule has 0 N–H and O–H groups in total. The summed E-state index contributed by atoms with van der Waals surface area (Å²) < 4.78 is 6.23. The summed E-state index contributed by atoms with van der Waals surface area (Å²) in [6.45, 7) is 11.6. The zero-order valence-corrected chi connectivity index (χ0v) is 15.0. The van der Waals surface area contributed by atoms with Crippen molar-refractivity contribution >= 4 is 16.6 Å². The first-order valence-corrected chi connectivity index (χ1v) is 8.42. The fraction of sp³-hybridized carbons (Fsp3) is 0.143. The number of benzene rings is 2. The number of hydrogen-bond donors (Lipinski definition) is 0. The summed E-state index contributed by atoms with van der Waals surface area (Å²) in [7, 11) is 2.04. The summed E-state index contributed by atoms with van der Waals surface area (Å²) in [5, 5.41) is 1.16. The smallest absolute Gasteiger partial charge is 0.238 e. The second-order valence-electron chi connectivity index (χ2n) is 6.31. The van der Waals surface area contributed by atoms with Gasteiger partial charge in [-0.2, -0.15) is 0 Å². The molecule has 126 valence electrons. The van der Waals surface area contributed by atoms with Gasteiger partial charge in [0.25, 0.3) is 5.82 Å². The van der Waals surface area contributed by atoms with E-state index < -0.39 is 0 Å². The van der Waals surface area contributed by atoms with Crippen LogP contribution in [0, 0.1) is 20.4 Å². The van der Waals surface area contributed by atoms with Gasteiger partial charge in [-0.15, -0.1) is 9.36 Å². The van der Waals surface area contributed by atoms with Crippen molar-refractivity contribution in [1.29, 1.82) is 0 Å². The van der Waals surface area contributed by atoms with Crippen molar-refractivity contribution in [1.82, 2.24) is 9.67 Å². The molecule has 2 heterocycles. The highest BCUT2D eigenvalue weighted by atomic mass is 15.4. The van der Waals surface area contributed by atoms with Gasteiger partial charge in [0, 0.05) is 24.6 Å². The van der Waals surface area contributed by atoms with Gasteiger partial charge < -0.3 is 0 Å². The third-order valence-electron chi connectivity index (χ3n) is 4.77. The Bertz CT molecular complexity index is 1180. The van der Waals surface area contributed by atoms with Crippen LogP contribution in [0.5, 0.6) is 0 Å². The number of rotatable bonds is 2. The van der Waals surface area contributed by atoms with Gasteiger partial charge in [-0.25, -0.2) is 9.41 Å². The van der Waals surface area contributed by atoms with Gasteiger partial charge in [-0.1, -0.05) is 17.1 Å². The molecule has 0 saturated heterocycles. The van der Waals surface area contributed by atoms with E-state index >= 15 is 0 Å². The highest BCUT2D eigenvalue weighted by Crippen LogP contribution is 2.26. The van der Waals surface area contributed by atoms with Crippen LogP contribution in [0.3, 0.4) is 0 Å². The molecule has 0 bridgehead atoms. The molecule has 5 nitrogen and oxygen atoms in total. The van der Waals surface area contributed by atoms with Crippen LogP contribution >= 0.6 is 0 Å². The minimum Gasteiger partial charge on any atom is -0.238 e. The van der Waals surface area contributed by atoms with E-state index in [1.807, 2.05) is 55.1 Å². The standard InChI is InChI=1S/C21H19N5/c1-15-20(25-11-7-10-23-16(25)2)12-18(22-3)13-21(15)26-14-17-8-5-6-9-19(17)24(26)4/h5-14H,1-2,4H3/q+2. The van der Waals surface area contributed by atoms with Crippen molar-refractivity contribution in [3.63, 3.8) is 0 Å². The summed E-state index contributed by atoms with van der Waals surface area (Å²) in [6, 6.07) is 14.0. The molecule has 2 aromatic heterocycles. The molecule has 0 unspecified atom stereocenters. The molecular formula is C21H19N5+2. The molecule has 0 spiro atoms. The van der Waals surface area contributed by atoms with Crippen molar-refractivity contribution in [2.75, 3.05) is 0 Å². The Hall–Kier alpha value is -3.52. The van der Waals surface area contributed by atoms with Gasteiger partial charge in [0.1, 0.15) is 23.8 Å². The molecule has 2 aromatic carbocycles. The van der Waals surface area contributed by atoms with Crippen molar-refractivity contribution < 1.29 is 9.25 Å². The normalized spacial score (nSPS) is 10.8. The average molecular weight is 341 g/mol. The van der Waals surface area contributed by atoms with Gasteiger partial charge in [-0.05, 0) is 25.1 Å². The molecule has 0 aliphatic heterocycles. The average Bonchev–Trinajstić information content (AvgIpc) is 2.99. The fourth-order valence-corrected chi connectivity index (χ4v) is 3.38. The molecule has 0 aliphatic carbocycles. The molecular weight excluding hydrogens is 322 g/mol. The number of aromatic nitrogens is 4. The van der Waals surface area contributed by atoms with E-state index in [1.54, 1.807) is 6.20 Å². The van der Waals surface area contributed by atoms with E-state index in [-0.39, 0.29) is 0 Å². The van der Waals surface area contributed by atoms with Crippen molar-refractivity contribution in [3.05, 3.63) is 83.9 Å². The Morgan fingerprint density at radius 3 is 2.65 bits per heavy atom. The number of fused-ring (bicyclic) bond motifs is 1. The molecule has 0 aliphatic rings. The Balaban J connectivity index is 2.03. The van der Waals surface area contributed by atoms with Gasteiger partial charge in [0.05, 0.1) is 18.2 Å². The first kappa shape index (κ1) is 16.0. The molecule has 0 radical (unpaired) electrons. The highest BCUT2D eigenvalue weighted by molar-refractivity contribution is 5.75. The van der Waals surface area contributed by atoms with Gasteiger partial charge in [0.15, 0.2) is 12.7 Å². The number of hydrogen-bond acceptors (Lipinski definition) is 1. The highest BCUT2D eigenvalue weighted by Gasteiger charge is 2.21.